The Labute approximate surface area is 121 Å². The fourth-order valence-electron chi connectivity index (χ4n) is 3.38. The van der Waals surface area contributed by atoms with Crippen LogP contribution in [0, 0.1) is 5.92 Å². The molecular weight excluding hydrogens is 252 g/mol. The van der Waals surface area contributed by atoms with E-state index < -0.39 is 11.7 Å². The van der Waals surface area contributed by atoms with Gasteiger partial charge in [0, 0.05) is 0 Å². The zero-order valence-electron chi connectivity index (χ0n) is 12.5. The third kappa shape index (κ3) is 2.99. The molecule has 0 radical (unpaired) electrons. The van der Waals surface area contributed by atoms with Gasteiger partial charge in [0.25, 0.3) is 0 Å². The van der Waals surface area contributed by atoms with E-state index in [1.807, 2.05) is 31.2 Å². The molecule has 1 saturated carbocycles. The van der Waals surface area contributed by atoms with E-state index in [4.69, 9.17) is 4.74 Å². The van der Waals surface area contributed by atoms with Crippen LogP contribution in [0.2, 0.25) is 0 Å². The Morgan fingerprint density at radius 2 is 1.80 bits per heavy atom. The van der Waals surface area contributed by atoms with Crippen LogP contribution in [0.15, 0.2) is 24.3 Å². The first-order chi connectivity index (χ1) is 9.61. The minimum Gasteiger partial charge on any atom is -0.497 e. The monoisotopic (exact) mass is 278 g/mol. The first-order valence-electron chi connectivity index (χ1n) is 7.66. The van der Waals surface area contributed by atoms with Gasteiger partial charge in [-0.1, -0.05) is 38.3 Å². The lowest BCUT2D eigenvalue weighted by atomic mass is 9.71. The zero-order chi connectivity index (χ0) is 14.6. The second kappa shape index (κ2) is 6.59. The van der Waals surface area contributed by atoms with Crippen LogP contribution in [0.3, 0.4) is 0 Å². The van der Waals surface area contributed by atoms with Crippen LogP contribution in [0.4, 0.5) is 0 Å². The highest BCUT2D eigenvalue weighted by Gasteiger charge is 2.42. The summed E-state index contributed by atoms with van der Waals surface area (Å²) in [6.45, 7) is 1.96. The number of rotatable bonds is 5. The molecule has 0 spiro atoms. The molecule has 2 rings (SSSR count). The Bertz CT molecular complexity index is 409. The van der Waals surface area contributed by atoms with Gasteiger partial charge in [0.15, 0.2) is 0 Å². The number of aliphatic hydroxyl groups is 2. The standard InChI is InChI=1S/C17H26O3/c1-3-17(19,14-7-5-4-6-8-14)16(18)13-9-11-15(20-2)12-10-13/h9-12,14,16,18-19H,3-8H2,1-2H3/t16-,17-/m1/s1. The predicted molar refractivity (Wildman–Crippen MR) is 79.8 cm³/mol. The number of benzene rings is 1. The molecule has 3 nitrogen and oxygen atoms in total. The first kappa shape index (κ1) is 15.3. The topological polar surface area (TPSA) is 49.7 Å². The molecule has 1 fully saturated rings. The van der Waals surface area contributed by atoms with Crippen molar-refractivity contribution in [2.45, 2.75) is 57.2 Å². The number of methoxy groups -OCH3 is 1. The van der Waals surface area contributed by atoms with Gasteiger partial charge in [-0.15, -0.1) is 0 Å². The maximum absolute atomic E-state index is 11.0. The van der Waals surface area contributed by atoms with E-state index in [1.54, 1.807) is 7.11 Å². The predicted octanol–water partition coefficient (Wildman–Crippen LogP) is 3.45. The quantitative estimate of drug-likeness (QED) is 0.867. The van der Waals surface area contributed by atoms with Crippen molar-refractivity contribution in [2.75, 3.05) is 7.11 Å². The molecule has 0 saturated heterocycles. The second-order valence-electron chi connectivity index (χ2n) is 5.86. The molecule has 1 aliphatic carbocycles. The zero-order valence-corrected chi connectivity index (χ0v) is 12.5. The number of hydrogen-bond donors (Lipinski definition) is 2. The fraction of sp³-hybridized carbons (Fsp3) is 0.647. The Balaban J connectivity index is 2.19. The van der Waals surface area contributed by atoms with Crippen molar-refractivity contribution in [2.24, 2.45) is 5.92 Å². The Morgan fingerprint density at radius 3 is 2.30 bits per heavy atom. The molecular formula is C17H26O3. The summed E-state index contributed by atoms with van der Waals surface area (Å²) in [5.41, 5.74) is -0.254. The summed E-state index contributed by atoms with van der Waals surface area (Å²) in [7, 11) is 1.62. The number of hydrogen-bond acceptors (Lipinski definition) is 3. The van der Waals surface area contributed by atoms with Gasteiger partial charge >= 0.3 is 0 Å². The van der Waals surface area contributed by atoms with Crippen LogP contribution < -0.4 is 4.74 Å². The second-order valence-corrected chi connectivity index (χ2v) is 5.86. The van der Waals surface area contributed by atoms with E-state index in [9.17, 15) is 10.2 Å². The van der Waals surface area contributed by atoms with Crippen LogP contribution in [-0.4, -0.2) is 22.9 Å². The Morgan fingerprint density at radius 1 is 1.20 bits per heavy atom. The smallest absolute Gasteiger partial charge is 0.118 e. The lowest BCUT2D eigenvalue weighted by Gasteiger charge is -2.41. The third-order valence-electron chi connectivity index (χ3n) is 4.78. The maximum Gasteiger partial charge on any atom is 0.118 e. The van der Waals surface area contributed by atoms with Gasteiger partial charge in [-0.05, 0) is 42.9 Å². The SMILES string of the molecule is CC[C@@](O)(C1CCCCC1)[C@H](O)c1ccc(OC)cc1. The van der Waals surface area contributed by atoms with Crippen molar-refractivity contribution < 1.29 is 14.9 Å². The van der Waals surface area contributed by atoms with Crippen molar-refractivity contribution >= 4 is 0 Å². The highest BCUT2D eigenvalue weighted by atomic mass is 16.5. The lowest BCUT2D eigenvalue weighted by Crippen LogP contribution is -2.44. The van der Waals surface area contributed by atoms with Gasteiger partial charge in [-0.2, -0.15) is 0 Å². The number of ether oxygens (including phenoxy) is 1. The highest BCUT2D eigenvalue weighted by molar-refractivity contribution is 5.30. The number of aliphatic hydroxyl groups excluding tert-OH is 1. The summed E-state index contributed by atoms with van der Waals surface area (Å²) in [5.74, 6) is 0.956. The largest absolute Gasteiger partial charge is 0.497 e. The van der Waals surface area contributed by atoms with Crippen molar-refractivity contribution in [3.05, 3.63) is 29.8 Å². The van der Waals surface area contributed by atoms with E-state index in [1.165, 1.54) is 6.42 Å². The van der Waals surface area contributed by atoms with Crippen molar-refractivity contribution in [3.8, 4) is 5.75 Å². The van der Waals surface area contributed by atoms with Gasteiger partial charge in [0.2, 0.25) is 0 Å². The summed E-state index contributed by atoms with van der Waals surface area (Å²) in [6.07, 6.45) is 5.32. The molecule has 1 aliphatic rings. The van der Waals surface area contributed by atoms with E-state index in [2.05, 4.69) is 0 Å². The fourth-order valence-corrected chi connectivity index (χ4v) is 3.38. The molecule has 0 aliphatic heterocycles. The Hall–Kier alpha value is -1.06. The summed E-state index contributed by atoms with van der Waals surface area (Å²) < 4.78 is 5.13. The van der Waals surface area contributed by atoms with Crippen LogP contribution in [-0.2, 0) is 0 Å². The van der Waals surface area contributed by atoms with Crippen LogP contribution in [0.25, 0.3) is 0 Å². The summed E-state index contributed by atoms with van der Waals surface area (Å²) >= 11 is 0. The molecule has 1 aromatic carbocycles. The third-order valence-corrected chi connectivity index (χ3v) is 4.78. The highest BCUT2D eigenvalue weighted by Crippen LogP contribution is 2.42. The average Bonchev–Trinajstić information content (AvgIpc) is 2.54. The average molecular weight is 278 g/mol. The summed E-state index contributed by atoms with van der Waals surface area (Å²) in [4.78, 5) is 0. The normalized spacial score (nSPS) is 21.2. The van der Waals surface area contributed by atoms with Crippen molar-refractivity contribution in [1.82, 2.24) is 0 Å². The van der Waals surface area contributed by atoms with Gasteiger partial charge in [-0.3, -0.25) is 0 Å². The molecule has 1 aromatic rings. The van der Waals surface area contributed by atoms with Crippen LogP contribution in [0.5, 0.6) is 5.75 Å². The summed E-state index contributed by atoms with van der Waals surface area (Å²) in [6, 6.07) is 7.34. The van der Waals surface area contributed by atoms with Crippen LogP contribution in [0.1, 0.15) is 57.1 Å². The van der Waals surface area contributed by atoms with Crippen LogP contribution >= 0.6 is 0 Å². The molecule has 0 aromatic heterocycles. The molecule has 2 N–H and O–H groups in total. The van der Waals surface area contributed by atoms with Gasteiger partial charge in [0.05, 0.1) is 12.7 Å². The van der Waals surface area contributed by atoms with Gasteiger partial charge in [-0.25, -0.2) is 0 Å². The van der Waals surface area contributed by atoms with Gasteiger partial charge < -0.3 is 14.9 Å². The maximum atomic E-state index is 11.0. The molecule has 20 heavy (non-hydrogen) atoms. The molecule has 0 unspecified atom stereocenters. The van der Waals surface area contributed by atoms with E-state index >= 15 is 0 Å². The van der Waals surface area contributed by atoms with E-state index in [0.29, 0.717) is 6.42 Å². The first-order valence-corrected chi connectivity index (χ1v) is 7.66. The Kier molecular flexibility index (Phi) is 5.06. The van der Waals surface area contributed by atoms with Crippen molar-refractivity contribution in [3.63, 3.8) is 0 Å². The molecule has 0 heterocycles. The van der Waals surface area contributed by atoms with E-state index in [-0.39, 0.29) is 5.92 Å². The summed E-state index contributed by atoms with van der Waals surface area (Å²) in [5, 5.41) is 21.7. The molecule has 3 heteroatoms. The van der Waals surface area contributed by atoms with E-state index in [0.717, 1.165) is 37.0 Å². The molecule has 2 atom stereocenters. The molecule has 0 bridgehead atoms. The lowest BCUT2D eigenvalue weighted by molar-refractivity contribution is -0.127. The molecule has 0 amide bonds. The minimum absolute atomic E-state index is 0.193. The molecule has 112 valence electrons. The van der Waals surface area contributed by atoms with Gasteiger partial charge in [0.1, 0.15) is 11.9 Å². The minimum atomic E-state index is -1.02. The van der Waals surface area contributed by atoms with Crippen molar-refractivity contribution in [1.29, 1.82) is 0 Å².